The summed E-state index contributed by atoms with van der Waals surface area (Å²) in [7, 11) is 0. The highest BCUT2D eigenvalue weighted by atomic mass is 32.2. The van der Waals surface area contributed by atoms with Crippen LogP contribution in [-0.2, 0) is 16.8 Å². The van der Waals surface area contributed by atoms with E-state index in [1.54, 1.807) is 13.0 Å². The van der Waals surface area contributed by atoms with Crippen LogP contribution in [0.15, 0.2) is 42.1 Å². The average molecular weight is 430 g/mol. The Morgan fingerprint density at radius 3 is 2.33 bits per heavy atom. The fourth-order valence-corrected chi connectivity index (χ4v) is 3.58. The lowest BCUT2D eigenvalue weighted by Gasteiger charge is -2.19. The number of imide groups is 1. The molecule has 0 spiro atoms. The van der Waals surface area contributed by atoms with Gasteiger partial charge < -0.3 is 5.32 Å². The summed E-state index contributed by atoms with van der Waals surface area (Å²) < 4.78 is 1.92. The third kappa shape index (κ3) is 6.19. The van der Waals surface area contributed by atoms with Gasteiger partial charge in [-0.2, -0.15) is 0 Å². The number of hydrogen-bond donors (Lipinski definition) is 2. The molecule has 1 atom stereocenters. The molecule has 2 aromatic rings. The van der Waals surface area contributed by atoms with Crippen molar-refractivity contribution in [2.45, 2.75) is 70.0 Å². The SMILES string of the molecule is C=CCn1c(S[C@@H](C)C(=O)NC(=O)NC(C)C)nnc1-c1ccc(C(C)(C)C)cc1. The number of hydrogen-bond acceptors (Lipinski definition) is 5. The summed E-state index contributed by atoms with van der Waals surface area (Å²) in [5.74, 6) is 0.324. The lowest BCUT2D eigenvalue weighted by molar-refractivity contribution is -0.119. The Balaban J connectivity index is 2.20. The molecule has 0 aliphatic heterocycles. The molecule has 0 fully saturated rings. The van der Waals surface area contributed by atoms with Gasteiger partial charge in [0.2, 0.25) is 5.91 Å². The van der Waals surface area contributed by atoms with Gasteiger partial charge >= 0.3 is 6.03 Å². The largest absolute Gasteiger partial charge is 0.336 e. The maximum Gasteiger partial charge on any atom is 0.321 e. The van der Waals surface area contributed by atoms with Crippen molar-refractivity contribution in [3.8, 4) is 11.4 Å². The summed E-state index contributed by atoms with van der Waals surface area (Å²) in [5.41, 5.74) is 2.25. The predicted octanol–water partition coefficient (Wildman–Crippen LogP) is 4.14. The number of urea groups is 1. The standard InChI is InChI=1S/C22H31N5O2S/c1-8-13-27-18(16-9-11-17(12-10-16)22(5,6)7)25-26-21(27)30-15(4)19(28)24-20(29)23-14(2)3/h8-12,14-15H,1,13H2,2-7H3,(H2,23,24,28,29)/t15-/m0/s1. The second kappa shape index (κ2) is 9.93. The van der Waals surface area contributed by atoms with Crippen molar-refractivity contribution in [3.05, 3.63) is 42.5 Å². The number of benzene rings is 1. The normalized spacial score (nSPS) is 12.5. The zero-order valence-electron chi connectivity index (χ0n) is 18.5. The van der Waals surface area contributed by atoms with E-state index in [4.69, 9.17) is 0 Å². The number of rotatable bonds is 7. The molecule has 162 valence electrons. The molecule has 2 N–H and O–H groups in total. The smallest absolute Gasteiger partial charge is 0.321 e. The van der Waals surface area contributed by atoms with E-state index in [9.17, 15) is 9.59 Å². The number of carbonyl (C=O) groups is 2. The molecule has 0 unspecified atom stereocenters. The number of amides is 3. The van der Waals surface area contributed by atoms with Crippen molar-refractivity contribution in [2.75, 3.05) is 0 Å². The zero-order chi connectivity index (χ0) is 22.5. The Bertz CT molecular complexity index is 897. The fourth-order valence-electron chi connectivity index (χ4n) is 2.73. The van der Waals surface area contributed by atoms with E-state index in [1.807, 2.05) is 30.5 Å². The van der Waals surface area contributed by atoms with Crippen molar-refractivity contribution in [2.24, 2.45) is 0 Å². The van der Waals surface area contributed by atoms with Crippen LogP contribution < -0.4 is 10.6 Å². The lowest BCUT2D eigenvalue weighted by Crippen LogP contribution is -2.45. The highest BCUT2D eigenvalue weighted by Crippen LogP contribution is 2.29. The molecule has 30 heavy (non-hydrogen) atoms. The van der Waals surface area contributed by atoms with Gasteiger partial charge in [-0.15, -0.1) is 16.8 Å². The van der Waals surface area contributed by atoms with E-state index in [0.29, 0.717) is 17.5 Å². The van der Waals surface area contributed by atoms with Gasteiger partial charge in [-0.25, -0.2) is 4.79 Å². The molecule has 0 saturated heterocycles. The molecule has 1 heterocycles. The third-order valence-electron chi connectivity index (χ3n) is 4.35. The van der Waals surface area contributed by atoms with Gasteiger partial charge in [-0.05, 0) is 31.7 Å². The van der Waals surface area contributed by atoms with Crippen LogP contribution in [0.1, 0.15) is 47.1 Å². The maximum absolute atomic E-state index is 12.3. The lowest BCUT2D eigenvalue weighted by atomic mass is 9.87. The van der Waals surface area contributed by atoms with Gasteiger partial charge in [0.1, 0.15) is 0 Å². The number of allylic oxidation sites excluding steroid dienone is 1. The predicted molar refractivity (Wildman–Crippen MR) is 121 cm³/mol. The van der Waals surface area contributed by atoms with Crippen LogP contribution in [0.3, 0.4) is 0 Å². The van der Waals surface area contributed by atoms with Crippen LogP contribution in [0.25, 0.3) is 11.4 Å². The highest BCUT2D eigenvalue weighted by Gasteiger charge is 2.22. The summed E-state index contributed by atoms with van der Waals surface area (Å²) in [5, 5.41) is 13.7. The second-order valence-electron chi connectivity index (χ2n) is 8.41. The molecule has 1 aromatic heterocycles. The van der Waals surface area contributed by atoms with Gasteiger partial charge in [0.05, 0.1) is 5.25 Å². The first-order valence-corrected chi connectivity index (χ1v) is 10.8. The van der Waals surface area contributed by atoms with E-state index in [0.717, 1.165) is 5.56 Å². The van der Waals surface area contributed by atoms with Crippen molar-refractivity contribution >= 4 is 23.7 Å². The third-order valence-corrected chi connectivity index (χ3v) is 5.43. The first kappa shape index (κ1) is 23.7. The highest BCUT2D eigenvalue weighted by molar-refractivity contribution is 8.00. The van der Waals surface area contributed by atoms with Crippen LogP contribution in [0.2, 0.25) is 0 Å². The van der Waals surface area contributed by atoms with Crippen LogP contribution in [0, 0.1) is 0 Å². The Kier molecular flexibility index (Phi) is 7.83. The number of aromatic nitrogens is 3. The zero-order valence-corrected chi connectivity index (χ0v) is 19.3. The van der Waals surface area contributed by atoms with Gasteiger partial charge in [0.15, 0.2) is 11.0 Å². The molecule has 0 aliphatic rings. The van der Waals surface area contributed by atoms with E-state index < -0.39 is 11.3 Å². The molecular weight excluding hydrogens is 398 g/mol. The second-order valence-corrected chi connectivity index (χ2v) is 9.72. The van der Waals surface area contributed by atoms with Crippen LogP contribution >= 0.6 is 11.8 Å². The van der Waals surface area contributed by atoms with Crippen molar-refractivity contribution in [3.63, 3.8) is 0 Å². The monoisotopic (exact) mass is 429 g/mol. The molecule has 1 aromatic carbocycles. The van der Waals surface area contributed by atoms with E-state index in [-0.39, 0.29) is 17.4 Å². The molecule has 0 aliphatic carbocycles. The molecule has 0 radical (unpaired) electrons. The van der Waals surface area contributed by atoms with E-state index in [2.05, 4.69) is 60.3 Å². The summed E-state index contributed by atoms with van der Waals surface area (Å²) in [4.78, 5) is 24.1. The van der Waals surface area contributed by atoms with Gasteiger partial charge in [0.25, 0.3) is 0 Å². The quantitative estimate of drug-likeness (QED) is 0.510. The minimum atomic E-state index is -0.521. The summed E-state index contributed by atoms with van der Waals surface area (Å²) in [6.07, 6.45) is 1.77. The van der Waals surface area contributed by atoms with Crippen LogP contribution in [0.5, 0.6) is 0 Å². The number of nitrogens with zero attached hydrogens (tertiary/aromatic N) is 3. The van der Waals surface area contributed by atoms with Crippen LogP contribution in [0.4, 0.5) is 4.79 Å². The fraction of sp³-hybridized carbons (Fsp3) is 0.455. The first-order chi connectivity index (χ1) is 14.0. The molecular formula is C22H31N5O2S. The average Bonchev–Trinajstić information content (AvgIpc) is 3.03. The Morgan fingerprint density at radius 1 is 1.17 bits per heavy atom. The molecule has 0 bridgehead atoms. The van der Waals surface area contributed by atoms with Crippen LogP contribution in [-0.4, -0.2) is 38.0 Å². The molecule has 2 rings (SSSR count). The van der Waals surface area contributed by atoms with E-state index in [1.165, 1.54) is 17.3 Å². The first-order valence-electron chi connectivity index (χ1n) is 9.96. The topological polar surface area (TPSA) is 88.9 Å². The molecule has 3 amide bonds. The van der Waals surface area contributed by atoms with Crippen molar-refractivity contribution in [1.82, 2.24) is 25.4 Å². The molecule has 7 nitrogen and oxygen atoms in total. The Labute approximate surface area is 182 Å². The van der Waals surface area contributed by atoms with Crippen molar-refractivity contribution in [1.29, 1.82) is 0 Å². The maximum atomic E-state index is 12.3. The summed E-state index contributed by atoms with van der Waals surface area (Å²) >= 11 is 1.25. The number of nitrogens with one attached hydrogen (secondary N) is 2. The van der Waals surface area contributed by atoms with Gasteiger partial charge in [-0.1, -0.05) is 62.9 Å². The molecule has 0 saturated carbocycles. The van der Waals surface area contributed by atoms with Gasteiger partial charge in [-0.3, -0.25) is 14.7 Å². The Morgan fingerprint density at radius 2 is 1.80 bits per heavy atom. The van der Waals surface area contributed by atoms with Gasteiger partial charge in [0, 0.05) is 18.2 Å². The minimum Gasteiger partial charge on any atom is -0.336 e. The number of carbonyl (C=O) groups excluding carboxylic acids is 2. The Hall–Kier alpha value is -2.61. The minimum absolute atomic E-state index is 0.0521. The van der Waals surface area contributed by atoms with Crippen molar-refractivity contribution < 1.29 is 9.59 Å². The summed E-state index contributed by atoms with van der Waals surface area (Å²) in [6.45, 7) is 16.2. The molecule has 8 heteroatoms. The summed E-state index contributed by atoms with van der Waals surface area (Å²) in [6, 6.07) is 7.70. The number of thioether (sulfide) groups is 1. The van der Waals surface area contributed by atoms with E-state index >= 15 is 0 Å².